The summed E-state index contributed by atoms with van der Waals surface area (Å²) in [7, 11) is 0. The summed E-state index contributed by atoms with van der Waals surface area (Å²) in [5.74, 6) is 0. The molecule has 5 nitrogen and oxygen atoms in total. The molecule has 114 heavy (non-hydrogen) atoms. The van der Waals surface area contributed by atoms with Gasteiger partial charge in [-0.25, -0.2) is 0 Å². The van der Waals surface area contributed by atoms with Crippen molar-refractivity contribution in [2.24, 2.45) is 0 Å². The van der Waals surface area contributed by atoms with Gasteiger partial charge in [0.1, 0.15) is 11.2 Å². The van der Waals surface area contributed by atoms with Crippen LogP contribution in [0.15, 0.2) is 290 Å². The molecule has 2 aliphatic rings. The number of aromatic nitrogens is 2. The van der Waals surface area contributed by atoms with Crippen molar-refractivity contribution >= 4 is 123 Å². The number of fused-ring (bicyclic) bond motifs is 13. The molecule has 19 rings (SSSR count). The van der Waals surface area contributed by atoms with Crippen molar-refractivity contribution < 1.29 is 4.42 Å². The fourth-order valence-corrected chi connectivity index (χ4v) is 18.4. The molecule has 2 aliphatic heterocycles. The van der Waals surface area contributed by atoms with E-state index in [0.29, 0.717) is 0 Å². The Morgan fingerprint density at radius 1 is 0.246 bits per heavy atom. The SMILES string of the molecule is CC(C)(C)c1ccc(-n2c3ccccc3c3c(N4c5cc(-n6c7ccc(C(C)(C)C)cc7c7cc(C(C)(C)C)ccc76)ccc5B5c6ccc(-c7cc(C(C)(C)C)cc(C(C)(C)C)c7)cc6N(c6c(-c7ccccc7)ccc7oc8ccccc8c67)c6cc(-c7cccc(C(C)(C)C)c7)cc4c65)c(-c4ccccc4)ccc32)cc1. The fraction of sp³-hybridized carbons (Fsp3) is 0.222. The molecule has 0 unspecified atom stereocenters. The average molecular weight is 1480 g/mol. The maximum absolute atomic E-state index is 7.15. The first-order chi connectivity index (χ1) is 54.3. The number of furan rings is 1. The van der Waals surface area contributed by atoms with Crippen molar-refractivity contribution in [3.8, 4) is 55.9 Å². The second kappa shape index (κ2) is 25.8. The molecule has 0 N–H and O–H groups in total. The van der Waals surface area contributed by atoms with Crippen molar-refractivity contribution in [1.82, 2.24) is 9.13 Å². The minimum Gasteiger partial charge on any atom is -0.456 e. The molecule has 0 radical (unpaired) electrons. The van der Waals surface area contributed by atoms with E-state index in [4.69, 9.17) is 4.42 Å². The first-order valence-electron chi connectivity index (χ1n) is 41.0. The van der Waals surface area contributed by atoms with Crippen LogP contribution in [0.1, 0.15) is 158 Å². The molecule has 0 atom stereocenters. The lowest BCUT2D eigenvalue weighted by molar-refractivity contribution is 0.569. The molecule has 562 valence electrons. The molecule has 3 aromatic heterocycles. The van der Waals surface area contributed by atoms with Crippen LogP contribution in [0.3, 0.4) is 0 Å². The van der Waals surface area contributed by atoms with Gasteiger partial charge in [-0.05, 0) is 213 Å². The molecule has 14 aromatic carbocycles. The Labute approximate surface area is 673 Å². The fourth-order valence-electron chi connectivity index (χ4n) is 18.4. The highest BCUT2D eigenvalue weighted by Gasteiger charge is 2.46. The van der Waals surface area contributed by atoms with E-state index >= 15 is 0 Å². The Balaban J connectivity index is 1.02. The molecule has 0 aliphatic carbocycles. The lowest BCUT2D eigenvalue weighted by atomic mass is 9.33. The summed E-state index contributed by atoms with van der Waals surface area (Å²) in [5, 5.41) is 6.98. The largest absolute Gasteiger partial charge is 0.456 e. The van der Waals surface area contributed by atoms with Crippen molar-refractivity contribution in [2.45, 2.75) is 157 Å². The molecule has 0 saturated carbocycles. The van der Waals surface area contributed by atoms with Gasteiger partial charge in [0, 0.05) is 72.2 Å². The Morgan fingerprint density at radius 2 is 0.667 bits per heavy atom. The average Bonchev–Trinajstić information content (AvgIpc) is 0.865. The van der Waals surface area contributed by atoms with Crippen molar-refractivity contribution in [3.63, 3.8) is 0 Å². The number of nitrogens with zero attached hydrogens (tertiary/aromatic N) is 4. The summed E-state index contributed by atoms with van der Waals surface area (Å²) in [6.45, 7) is 41.8. The zero-order valence-electron chi connectivity index (χ0n) is 69.4. The molecule has 5 heterocycles. The highest BCUT2D eigenvalue weighted by atomic mass is 16.3. The van der Waals surface area contributed by atoms with E-state index in [0.717, 1.165) is 117 Å². The standard InChI is InChI=1S/C108H101BN4O/c1-103(2,3)72-41-45-78(46-42-72)110-88-38-27-25-36-82(88)98-91(110)54-48-80(66-30-21-19-22-31-66)101(98)113-93-65-79(111-89-52-43-74(105(7,8)9)63-84(89)85-64-75(106(10,11)12)44-53-90(85)111)47-51-87(93)109-86-50-40-69(70-57-76(107(13,14)15)62-77(58-70)108(16,17)18)59-92(86)112(94-60-71(61-95(113)100(94)109)68-34-29-35-73(56-68)104(4,5)6)102-81(67-32-23-20-24-33-67)49-55-97-99(102)83-37-26-28-39-96(83)114-97/h19-65H,1-18H3. The summed E-state index contributed by atoms with van der Waals surface area (Å²) in [6.07, 6.45) is 0. The van der Waals surface area contributed by atoms with Crippen molar-refractivity contribution in [1.29, 1.82) is 0 Å². The zero-order chi connectivity index (χ0) is 79.2. The second-order valence-electron chi connectivity index (χ2n) is 38.6. The highest BCUT2D eigenvalue weighted by molar-refractivity contribution is 7.00. The molecule has 0 spiro atoms. The van der Waals surface area contributed by atoms with E-state index in [-0.39, 0.29) is 39.2 Å². The van der Waals surface area contributed by atoms with Gasteiger partial charge < -0.3 is 23.4 Å². The number of hydrogen-bond acceptors (Lipinski definition) is 3. The molecule has 0 saturated heterocycles. The number of benzene rings is 14. The number of hydrogen-bond donors (Lipinski definition) is 0. The Kier molecular flexibility index (Phi) is 16.4. The topological polar surface area (TPSA) is 29.5 Å². The third kappa shape index (κ3) is 11.9. The molecule has 0 fully saturated rings. The summed E-state index contributed by atoms with van der Waals surface area (Å²) in [5.41, 5.74) is 35.1. The smallest absolute Gasteiger partial charge is 0.252 e. The minimum atomic E-state index is -0.291. The Hall–Kier alpha value is -11.9. The lowest BCUT2D eigenvalue weighted by Gasteiger charge is -2.45. The summed E-state index contributed by atoms with van der Waals surface area (Å²) >= 11 is 0. The van der Waals surface area contributed by atoms with Crippen LogP contribution < -0.4 is 26.2 Å². The molecule has 6 heteroatoms. The van der Waals surface area contributed by atoms with Gasteiger partial charge in [-0.1, -0.05) is 313 Å². The predicted molar refractivity (Wildman–Crippen MR) is 490 cm³/mol. The first kappa shape index (κ1) is 72.4. The minimum absolute atomic E-state index is 0.0320. The van der Waals surface area contributed by atoms with Gasteiger partial charge in [0.25, 0.3) is 6.71 Å². The number of rotatable bonds is 8. The molecule has 0 bridgehead atoms. The van der Waals surface area contributed by atoms with Crippen LogP contribution in [-0.4, -0.2) is 15.8 Å². The highest BCUT2D eigenvalue weighted by Crippen LogP contribution is 2.56. The van der Waals surface area contributed by atoms with Crippen LogP contribution in [0.25, 0.3) is 121 Å². The van der Waals surface area contributed by atoms with E-state index in [9.17, 15) is 0 Å². The number of para-hydroxylation sites is 2. The van der Waals surface area contributed by atoms with Gasteiger partial charge in [-0.3, -0.25) is 0 Å². The zero-order valence-corrected chi connectivity index (χ0v) is 69.4. The third-order valence-electron chi connectivity index (χ3n) is 24.8. The van der Waals surface area contributed by atoms with Gasteiger partial charge in [0.2, 0.25) is 0 Å². The third-order valence-corrected chi connectivity index (χ3v) is 24.8. The van der Waals surface area contributed by atoms with E-state index in [1.54, 1.807) is 0 Å². The van der Waals surface area contributed by atoms with Crippen LogP contribution >= 0.6 is 0 Å². The van der Waals surface area contributed by atoms with Crippen LogP contribution in [0, 0.1) is 0 Å². The first-order valence-corrected chi connectivity index (χ1v) is 41.0. The molecule has 17 aromatic rings. The summed E-state index contributed by atoms with van der Waals surface area (Å²) in [4.78, 5) is 5.46. The molecular formula is C108H101BN4O. The maximum Gasteiger partial charge on any atom is 0.252 e. The van der Waals surface area contributed by atoms with E-state index in [1.807, 2.05) is 0 Å². The van der Waals surface area contributed by atoms with Gasteiger partial charge in [0.05, 0.1) is 38.8 Å². The molecule has 0 amide bonds. The molecular weight excluding hydrogens is 1380 g/mol. The Morgan fingerprint density at radius 3 is 1.25 bits per heavy atom. The Bertz CT molecular complexity index is 6670. The van der Waals surface area contributed by atoms with Gasteiger partial charge in [0.15, 0.2) is 0 Å². The second-order valence-corrected chi connectivity index (χ2v) is 38.6. The van der Waals surface area contributed by atoms with E-state index in [2.05, 4.69) is 429 Å². The van der Waals surface area contributed by atoms with Crippen molar-refractivity contribution in [3.05, 3.63) is 318 Å². The van der Waals surface area contributed by atoms with Crippen LogP contribution in [-0.2, 0) is 32.5 Å². The summed E-state index contributed by atoms with van der Waals surface area (Å²) < 4.78 is 12.3. The van der Waals surface area contributed by atoms with Crippen molar-refractivity contribution in [2.75, 3.05) is 9.80 Å². The predicted octanol–water partition coefficient (Wildman–Crippen LogP) is 28.3. The summed E-state index contributed by atoms with van der Waals surface area (Å²) in [6, 6.07) is 110. The van der Waals surface area contributed by atoms with E-state index < -0.39 is 0 Å². The normalized spacial score (nSPS) is 13.5. The van der Waals surface area contributed by atoms with Crippen LogP contribution in [0.5, 0.6) is 0 Å². The van der Waals surface area contributed by atoms with Gasteiger partial charge >= 0.3 is 0 Å². The van der Waals surface area contributed by atoms with Gasteiger partial charge in [-0.15, -0.1) is 0 Å². The maximum atomic E-state index is 7.15. The van der Waals surface area contributed by atoms with Gasteiger partial charge in [-0.2, -0.15) is 0 Å². The van der Waals surface area contributed by atoms with Crippen LogP contribution in [0.2, 0.25) is 0 Å². The lowest BCUT2D eigenvalue weighted by Crippen LogP contribution is -2.61. The van der Waals surface area contributed by atoms with E-state index in [1.165, 1.54) is 87.9 Å². The number of anilines is 6. The monoisotopic (exact) mass is 1480 g/mol. The quantitative estimate of drug-likeness (QED) is 0.142. The van der Waals surface area contributed by atoms with Crippen LogP contribution in [0.4, 0.5) is 34.1 Å².